The van der Waals surface area contributed by atoms with E-state index in [0.29, 0.717) is 12.5 Å². The molecule has 2 aliphatic rings. The van der Waals surface area contributed by atoms with Crippen LogP contribution in [-0.4, -0.2) is 50.7 Å². The molecule has 6 rings (SSSR count). The maximum atomic E-state index is 10.0. The summed E-state index contributed by atoms with van der Waals surface area (Å²) in [4.78, 5) is 14.5. The van der Waals surface area contributed by atoms with Crippen molar-refractivity contribution in [1.29, 1.82) is 0 Å². The summed E-state index contributed by atoms with van der Waals surface area (Å²) in [6.07, 6.45) is 0.401. The number of benzene rings is 1. The minimum atomic E-state index is -0.682. The first-order valence-electron chi connectivity index (χ1n) is 12.4. The molecular weight excluding hydrogens is 474 g/mol. The number of ether oxygens (including phenoxy) is 2. The molecule has 4 N–H and O–H groups in total. The summed E-state index contributed by atoms with van der Waals surface area (Å²) in [5.41, 5.74) is 3.81. The highest BCUT2D eigenvalue weighted by Crippen LogP contribution is 2.43. The topological polar surface area (TPSA) is 104 Å². The fourth-order valence-electron chi connectivity index (χ4n) is 5.45. The van der Waals surface area contributed by atoms with Crippen LogP contribution in [0, 0.1) is 12.8 Å². The normalized spacial score (nSPS) is 24.8. The smallest absolute Gasteiger partial charge is 0.225 e. The number of aryl methyl sites for hydroxylation is 1. The minimum Gasteiger partial charge on any atom is -0.396 e. The molecule has 4 atom stereocenters. The van der Waals surface area contributed by atoms with Crippen molar-refractivity contribution in [3.8, 4) is 11.3 Å². The van der Waals surface area contributed by atoms with Crippen molar-refractivity contribution in [2.45, 2.75) is 57.8 Å². The van der Waals surface area contributed by atoms with Crippen molar-refractivity contribution >= 4 is 34.0 Å². The van der Waals surface area contributed by atoms with E-state index in [0.717, 1.165) is 40.1 Å². The van der Waals surface area contributed by atoms with Crippen LogP contribution in [0.15, 0.2) is 47.8 Å². The molecule has 1 aromatic carbocycles. The van der Waals surface area contributed by atoms with Gasteiger partial charge in [0.1, 0.15) is 11.9 Å². The molecule has 36 heavy (non-hydrogen) atoms. The fourth-order valence-corrected chi connectivity index (χ4v) is 6.09. The number of aliphatic hydroxyl groups excluding tert-OH is 1. The van der Waals surface area contributed by atoms with E-state index in [1.807, 2.05) is 39.0 Å². The Kier molecular flexibility index (Phi) is 5.95. The second kappa shape index (κ2) is 9.15. The summed E-state index contributed by atoms with van der Waals surface area (Å²) in [6.45, 7) is 6.58. The Morgan fingerprint density at radius 3 is 2.75 bits per heavy atom. The van der Waals surface area contributed by atoms with E-state index in [1.54, 1.807) is 11.3 Å². The van der Waals surface area contributed by atoms with E-state index in [-0.39, 0.29) is 30.8 Å². The van der Waals surface area contributed by atoms with Crippen LogP contribution in [0.5, 0.6) is 0 Å². The number of hydrogen-bond acceptors (Lipinski definition) is 8. The lowest BCUT2D eigenvalue weighted by Gasteiger charge is -2.25. The standard InChI is InChI=1S/C27H31N5O3S/c1-15-22(20-11-16-7-4-5-9-19(16)30-20)25(32-26(29-15)28-13-18-8-6-10-36-18)31-21-12-17(14-33)23-24(21)35-27(2,3)34-23/h4-11,17,21,23-24,30,33H,12-14H2,1-3H3,(H2,28,29,31,32). The SMILES string of the molecule is Cc1nc(NCc2cccs2)nc(NC2CC(CO)C3OC(C)(C)OC23)c1-c1cc2ccccc2[nH]1. The maximum Gasteiger partial charge on any atom is 0.225 e. The van der Waals surface area contributed by atoms with Crippen LogP contribution >= 0.6 is 11.3 Å². The number of thiophene rings is 1. The zero-order valence-corrected chi connectivity index (χ0v) is 21.4. The van der Waals surface area contributed by atoms with E-state index in [4.69, 9.17) is 19.4 Å². The minimum absolute atomic E-state index is 0.00478. The van der Waals surface area contributed by atoms with Gasteiger partial charge in [0, 0.05) is 28.3 Å². The Hall–Kier alpha value is -2.98. The Bertz CT molecular complexity index is 1340. The number of nitrogens with zero attached hydrogens (tertiary/aromatic N) is 2. The number of anilines is 2. The van der Waals surface area contributed by atoms with Gasteiger partial charge >= 0.3 is 0 Å². The Balaban J connectivity index is 1.37. The Morgan fingerprint density at radius 1 is 1.14 bits per heavy atom. The van der Waals surface area contributed by atoms with Crippen LogP contribution in [0.4, 0.5) is 11.8 Å². The van der Waals surface area contributed by atoms with Crippen molar-refractivity contribution < 1.29 is 14.6 Å². The Morgan fingerprint density at radius 2 is 1.97 bits per heavy atom. The number of nitrogens with one attached hydrogen (secondary N) is 3. The molecule has 2 fully saturated rings. The van der Waals surface area contributed by atoms with E-state index in [1.165, 1.54) is 4.88 Å². The highest BCUT2D eigenvalue weighted by atomic mass is 32.1. The van der Waals surface area contributed by atoms with Crippen LogP contribution in [-0.2, 0) is 16.0 Å². The molecule has 0 spiro atoms. The molecule has 1 aliphatic heterocycles. The van der Waals surface area contributed by atoms with Gasteiger partial charge in [-0.15, -0.1) is 11.3 Å². The van der Waals surface area contributed by atoms with Crippen LogP contribution in [0.25, 0.3) is 22.2 Å². The van der Waals surface area contributed by atoms with Gasteiger partial charge in [0.15, 0.2) is 5.79 Å². The second-order valence-electron chi connectivity index (χ2n) is 10.1. The molecule has 0 amide bonds. The largest absolute Gasteiger partial charge is 0.396 e. The first kappa shape index (κ1) is 23.4. The number of H-pyrrole nitrogens is 1. The highest BCUT2D eigenvalue weighted by molar-refractivity contribution is 7.09. The highest BCUT2D eigenvalue weighted by Gasteiger charge is 2.54. The monoisotopic (exact) mass is 505 g/mol. The summed E-state index contributed by atoms with van der Waals surface area (Å²) >= 11 is 1.70. The van der Waals surface area contributed by atoms with Gasteiger partial charge in [0.25, 0.3) is 0 Å². The number of aromatic amines is 1. The third-order valence-electron chi connectivity index (χ3n) is 7.03. The van der Waals surface area contributed by atoms with Gasteiger partial charge in [-0.05, 0) is 50.8 Å². The predicted octanol–water partition coefficient (Wildman–Crippen LogP) is 4.92. The van der Waals surface area contributed by atoms with Gasteiger partial charge in [0.2, 0.25) is 5.95 Å². The van der Waals surface area contributed by atoms with Gasteiger partial charge in [-0.25, -0.2) is 4.98 Å². The molecule has 4 heterocycles. The first-order valence-corrected chi connectivity index (χ1v) is 13.2. The molecule has 0 radical (unpaired) electrons. The summed E-state index contributed by atoms with van der Waals surface area (Å²) in [6, 6.07) is 14.4. The Labute approximate surface area is 214 Å². The van der Waals surface area contributed by atoms with Crippen molar-refractivity contribution in [2.24, 2.45) is 5.92 Å². The summed E-state index contributed by atoms with van der Waals surface area (Å²) in [5, 5.41) is 20.3. The molecule has 4 unspecified atom stereocenters. The van der Waals surface area contributed by atoms with E-state index < -0.39 is 5.79 Å². The van der Waals surface area contributed by atoms with Gasteiger partial charge in [-0.3, -0.25) is 0 Å². The maximum absolute atomic E-state index is 10.0. The summed E-state index contributed by atoms with van der Waals surface area (Å²) < 4.78 is 12.4. The van der Waals surface area contributed by atoms with Crippen LogP contribution < -0.4 is 10.6 Å². The van der Waals surface area contributed by atoms with Gasteiger partial charge in [-0.2, -0.15) is 4.98 Å². The van der Waals surface area contributed by atoms with Crippen molar-refractivity contribution in [3.63, 3.8) is 0 Å². The number of hydrogen-bond donors (Lipinski definition) is 4. The van der Waals surface area contributed by atoms with Crippen LogP contribution in [0.3, 0.4) is 0 Å². The molecule has 8 nitrogen and oxygen atoms in total. The van der Waals surface area contributed by atoms with E-state index in [2.05, 4.69) is 45.3 Å². The molecule has 1 saturated carbocycles. The lowest BCUT2D eigenvalue weighted by molar-refractivity contribution is -0.158. The average Bonchev–Trinajstić information content (AvgIpc) is 3.62. The van der Waals surface area contributed by atoms with E-state index >= 15 is 0 Å². The average molecular weight is 506 g/mol. The molecule has 9 heteroatoms. The second-order valence-corrected chi connectivity index (χ2v) is 11.1. The summed E-state index contributed by atoms with van der Waals surface area (Å²) in [5.74, 6) is 0.627. The van der Waals surface area contributed by atoms with Crippen molar-refractivity contribution in [2.75, 3.05) is 17.2 Å². The zero-order chi connectivity index (χ0) is 24.9. The van der Waals surface area contributed by atoms with Crippen LogP contribution in [0.2, 0.25) is 0 Å². The quantitative estimate of drug-likeness (QED) is 0.283. The molecule has 3 aromatic heterocycles. The molecule has 188 valence electrons. The number of fused-ring (bicyclic) bond motifs is 2. The molecule has 1 saturated heterocycles. The molecule has 0 bridgehead atoms. The number of para-hydroxylation sites is 1. The zero-order valence-electron chi connectivity index (χ0n) is 20.6. The van der Waals surface area contributed by atoms with Gasteiger partial charge in [0.05, 0.1) is 35.6 Å². The van der Waals surface area contributed by atoms with Gasteiger partial charge in [-0.1, -0.05) is 24.3 Å². The predicted molar refractivity (Wildman–Crippen MR) is 142 cm³/mol. The van der Waals surface area contributed by atoms with Gasteiger partial charge < -0.3 is 30.2 Å². The number of aliphatic hydroxyl groups is 1. The molecule has 1 aliphatic carbocycles. The molecule has 4 aromatic rings. The van der Waals surface area contributed by atoms with Crippen molar-refractivity contribution in [1.82, 2.24) is 15.0 Å². The first-order chi connectivity index (χ1) is 17.4. The number of aromatic nitrogens is 3. The van der Waals surface area contributed by atoms with Crippen LogP contribution in [0.1, 0.15) is 30.8 Å². The summed E-state index contributed by atoms with van der Waals surface area (Å²) in [7, 11) is 0. The molecular formula is C27H31N5O3S. The number of rotatable bonds is 7. The lowest BCUT2D eigenvalue weighted by atomic mass is 10.1. The van der Waals surface area contributed by atoms with E-state index in [9.17, 15) is 5.11 Å². The third-order valence-corrected chi connectivity index (χ3v) is 7.90. The third kappa shape index (κ3) is 4.37. The lowest BCUT2D eigenvalue weighted by Crippen LogP contribution is -2.35. The van der Waals surface area contributed by atoms with Crippen molar-refractivity contribution in [3.05, 3.63) is 58.4 Å². The fraction of sp³-hybridized carbons (Fsp3) is 0.407.